The van der Waals surface area contributed by atoms with Crippen molar-refractivity contribution in [2.45, 2.75) is 54.5 Å². The van der Waals surface area contributed by atoms with Gasteiger partial charge in [-0.2, -0.15) is 23.5 Å². The fourth-order valence-corrected chi connectivity index (χ4v) is 13.3. The van der Waals surface area contributed by atoms with Gasteiger partial charge in [0.25, 0.3) is 0 Å². The van der Waals surface area contributed by atoms with Crippen LogP contribution in [0.25, 0.3) is 0 Å². The number of thioether (sulfide) groups is 6. The molecule has 2 aromatic carbocycles. The number of benzene rings is 2. The molecule has 0 bridgehead atoms. The van der Waals surface area contributed by atoms with E-state index in [-0.39, 0.29) is 24.4 Å². The molecule has 2 aliphatic heterocycles. The van der Waals surface area contributed by atoms with Gasteiger partial charge in [0.05, 0.1) is 9.16 Å². The molecule has 0 amide bonds. The van der Waals surface area contributed by atoms with E-state index in [1.807, 2.05) is 95.6 Å². The van der Waals surface area contributed by atoms with E-state index >= 15 is 0 Å². The van der Waals surface area contributed by atoms with Crippen molar-refractivity contribution >= 4 is 94.4 Å². The Balaban J connectivity index is 1.25. The highest BCUT2D eigenvalue weighted by Gasteiger charge is 2.20. The van der Waals surface area contributed by atoms with Crippen molar-refractivity contribution in [2.75, 3.05) is 59.2 Å². The second-order valence-corrected chi connectivity index (χ2v) is 20.7. The van der Waals surface area contributed by atoms with E-state index in [2.05, 4.69) is 0 Å². The summed E-state index contributed by atoms with van der Waals surface area (Å²) in [6.07, 6.45) is 3.72. The highest BCUT2D eigenvalue weighted by Crippen LogP contribution is 2.36. The molecule has 2 saturated heterocycles. The maximum absolute atomic E-state index is 12.4. The van der Waals surface area contributed by atoms with E-state index in [9.17, 15) is 19.2 Å². The molecule has 2 fully saturated rings. The minimum absolute atomic E-state index is 0.0888. The molecule has 0 radical (unpaired) electrons. The molecule has 2 aromatic rings. The summed E-state index contributed by atoms with van der Waals surface area (Å²) in [5.74, 6) is 5.21. The second kappa shape index (κ2) is 25.0. The monoisotopic (exact) mass is 868 g/mol. The molecule has 0 aliphatic carbocycles. The van der Waals surface area contributed by atoms with E-state index < -0.39 is 36.1 Å². The van der Waals surface area contributed by atoms with Crippen LogP contribution in [0.4, 0.5) is 0 Å². The van der Waals surface area contributed by atoms with Crippen LogP contribution in [0.2, 0.25) is 0 Å². The maximum Gasteiger partial charge on any atom is 0.331 e. The first kappa shape index (κ1) is 45.2. The minimum Gasteiger partial charge on any atom is -0.490 e. The minimum atomic E-state index is -1.17. The largest absolute Gasteiger partial charge is 0.490 e. The zero-order valence-corrected chi connectivity index (χ0v) is 35.8. The number of hydrogen-bond donors (Lipinski definition) is 2. The molecule has 0 saturated carbocycles. The van der Waals surface area contributed by atoms with Crippen LogP contribution in [0, 0.1) is 0 Å². The smallest absolute Gasteiger partial charge is 0.331 e. The van der Waals surface area contributed by atoms with Crippen LogP contribution in [0.5, 0.6) is 11.5 Å². The molecule has 0 spiro atoms. The lowest BCUT2D eigenvalue weighted by molar-refractivity contribution is -0.144. The number of carboxylic acids is 2. The van der Waals surface area contributed by atoms with Crippen molar-refractivity contribution in [3.8, 4) is 11.5 Å². The van der Waals surface area contributed by atoms with E-state index in [0.717, 1.165) is 47.6 Å². The molecule has 2 unspecified atom stereocenters. The van der Waals surface area contributed by atoms with Crippen molar-refractivity contribution in [1.82, 2.24) is 0 Å². The average Bonchev–Trinajstić information content (AvgIpc) is 3.89. The first-order chi connectivity index (χ1) is 26.5. The summed E-state index contributed by atoms with van der Waals surface area (Å²) in [7, 11) is 0. The first-order valence-corrected chi connectivity index (χ1v) is 24.3. The van der Waals surface area contributed by atoms with E-state index in [1.54, 1.807) is 23.5 Å². The zero-order valence-electron chi connectivity index (χ0n) is 30.9. The summed E-state index contributed by atoms with van der Waals surface area (Å²) in [5.41, 5.74) is 1.96. The fraction of sp³-hybridized carbons (Fsp3) is 0.487. The molecule has 2 N–H and O–H groups in total. The van der Waals surface area contributed by atoms with Gasteiger partial charge in [-0.1, -0.05) is 24.3 Å². The van der Waals surface area contributed by atoms with Gasteiger partial charge in [0.15, 0.2) is 0 Å². The van der Waals surface area contributed by atoms with Gasteiger partial charge in [-0.05, 0) is 80.0 Å². The molecule has 4 rings (SSSR count). The lowest BCUT2D eigenvalue weighted by Crippen LogP contribution is -2.27. The third-order valence-electron chi connectivity index (χ3n) is 8.02. The van der Waals surface area contributed by atoms with Crippen LogP contribution in [-0.2, 0) is 35.1 Å². The van der Waals surface area contributed by atoms with Crippen molar-refractivity contribution in [3.63, 3.8) is 0 Å². The first-order valence-electron chi connectivity index (χ1n) is 17.8. The zero-order chi connectivity index (χ0) is 39.4. The predicted octanol–water partition coefficient (Wildman–Crippen LogP) is 7.78. The molecule has 55 heavy (non-hydrogen) atoms. The summed E-state index contributed by atoms with van der Waals surface area (Å²) in [5, 5.41) is 18.3. The van der Waals surface area contributed by atoms with Gasteiger partial charge in [-0.15, -0.1) is 47.0 Å². The molecular formula is C39H48O10S6. The topological polar surface area (TPSA) is 146 Å². The summed E-state index contributed by atoms with van der Waals surface area (Å²) < 4.78 is 24.4. The van der Waals surface area contributed by atoms with Gasteiger partial charge in [-0.25, -0.2) is 19.2 Å². The SMILES string of the molecule is C/C(=C/C(=O)OC(COc1ccc(Cc2ccc(OCC(CSCCC3SCCS3)OC(=O)/C=C(/C)C(=O)O)cc2)cc1)CSCCC1SCCS1)C(=O)O. The van der Waals surface area contributed by atoms with Crippen molar-refractivity contribution in [3.05, 3.63) is 83.0 Å². The summed E-state index contributed by atoms with van der Waals surface area (Å²) in [6.45, 7) is 2.99. The Morgan fingerprint density at radius 2 is 1.02 bits per heavy atom. The lowest BCUT2D eigenvalue weighted by Gasteiger charge is -2.18. The maximum atomic E-state index is 12.4. The number of carbonyl (C=O) groups is 4. The third kappa shape index (κ3) is 18.1. The molecule has 16 heteroatoms. The normalized spacial score (nSPS) is 16.4. The number of esters is 2. The standard InChI is InChI=1S/C39H48O10S6/c1-26(38(42)43)19-34(40)48-32(24-50-13-11-36-52-15-16-53-36)22-46-30-7-3-28(4-8-30)21-29-5-9-31(10-6-29)47-23-33(49-35(41)20-27(2)39(44)45)25-51-14-12-37-54-17-18-55-37/h3-10,19-20,32-33,36-37H,11-18,21-25H2,1-2H3,(H,42,43)(H,44,45)/b26-19-,27-20-. The Morgan fingerprint density at radius 1 is 0.655 bits per heavy atom. The van der Waals surface area contributed by atoms with Gasteiger partial charge >= 0.3 is 23.9 Å². The average molecular weight is 869 g/mol. The number of ether oxygens (including phenoxy) is 4. The van der Waals surface area contributed by atoms with E-state index in [1.165, 1.54) is 36.9 Å². The Labute approximate surface area is 348 Å². The summed E-state index contributed by atoms with van der Waals surface area (Å²) in [6, 6.07) is 15.4. The number of carboxylic acid groups (broad SMARTS) is 2. The molecule has 300 valence electrons. The molecule has 10 nitrogen and oxygen atoms in total. The number of rotatable bonds is 24. The molecular weight excluding hydrogens is 821 g/mol. The molecule has 0 aromatic heterocycles. The number of hydrogen-bond acceptors (Lipinski definition) is 14. The number of aliphatic carboxylic acids is 2. The molecule has 2 aliphatic rings. The second-order valence-electron chi connectivity index (χ2n) is 12.5. The van der Waals surface area contributed by atoms with E-state index in [4.69, 9.17) is 29.2 Å². The fourth-order valence-electron chi connectivity index (χ4n) is 5.06. The molecule has 2 atom stereocenters. The predicted molar refractivity (Wildman–Crippen MR) is 231 cm³/mol. The Hall–Kier alpha value is -2.50. The van der Waals surface area contributed by atoms with Crippen LogP contribution >= 0.6 is 70.6 Å². The van der Waals surface area contributed by atoms with Crippen molar-refractivity contribution < 1.29 is 48.3 Å². The van der Waals surface area contributed by atoms with E-state index in [0.29, 0.717) is 38.6 Å². The van der Waals surface area contributed by atoms with Gasteiger partial charge in [0.2, 0.25) is 0 Å². The molecule has 2 heterocycles. The quantitative estimate of drug-likeness (QED) is 0.0601. The van der Waals surface area contributed by atoms with Crippen molar-refractivity contribution in [2.24, 2.45) is 0 Å². The van der Waals surface area contributed by atoms with Gasteiger partial charge in [-0.3, -0.25) is 0 Å². The van der Waals surface area contributed by atoms with Gasteiger partial charge in [0, 0.05) is 57.8 Å². The van der Waals surface area contributed by atoms with Crippen LogP contribution in [0.3, 0.4) is 0 Å². The van der Waals surface area contributed by atoms with Crippen LogP contribution in [0.15, 0.2) is 71.8 Å². The number of carbonyl (C=O) groups excluding carboxylic acids is 2. The van der Waals surface area contributed by atoms with Crippen LogP contribution < -0.4 is 9.47 Å². The van der Waals surface area contributed by atoms with Gasteiger partial charge < -0.3 is 29.2 Å². The van der Waals surface area contributed by atoms with Crippen LogP contribution in [0.1, 0.15) is 37.8 Å². The Kier molecular flexibility index (Phi) is 20.5. The summed E-state index contributed by atoms with van der Waals surface area (Å²) >= 11 is 11.3. The Bertz CT molecular complexity index is 1470. The highest BCUT2D eigenvalue weighted by atomic mass is 32.2. The van der Waals surface area contributed by atoms with Crippen LogP contribution in [-0.4, -0.2) is 115 Å². The Morgan fingerprint density at radius 3 is 1.36 bits per heavy atom. The lowest BCUT2D eigenvalue weighted by atomic mass is 10.0. The van der Waals surface area contributed by atoms with Crippen molar-refractivity contribution in [1.29, 1.82) is 0 Å². The highest BCUT2D eigenvalue weighted by molar-refractivity contribution is 8.20. The van der Waals surface area contributed by atoms with Gasteiger partial charge in [0.1, 0.15) is 36.9 Å². The third-order valence-corrected chi connectivity index (χ3v) is 16.6. The summed E-state index contributed by atoms with van der Waals surface area (Å²) in [4.78, 5) is 47.2.